The number of ether oxygens (including phenoxy) is 1. The molecule has 50 heavy (non-hydrogen) atoms. The summed E-state index contributed by atoms with van der Waals surface area (Å²) in [7, 11) is 1.58. The van der Waals surface area contributed by atoms with E-state index in [-0.39, 0.29) is 42.9 Å². The molecule has 5 heterocycles. The van der Waals surface area contributed by atoms with Crippen LogP contribution in [0.25, 0.3) is 39.2 Å². The van der Waals surface area contributed by atoms with Gasteiger partial charge in [-0.15, -0.1) is 0 Å². The molecule has 5 aromatic rings. The summed E-state index contributed by atoms with van der Waals surface area (Å²) in [6.45, 7) is 1.54. The monoisotopic (exact) mass is 712 g/mol. The molecule has 2 fully saturated rings. The van der Waals surface area contributed by atoms with Crippen molar-refractivity contribution in [3.63, 3.8) is 0 Å². The van der Waals surface area contributed by atoms with E-state index in [1.807, 2.05) is 48.5 Å². The number of benzene rings is 2. The molecule has 0 saturated carbocycles. The van der Waals surface area contributed by atoms with E-state index < -0.39 is 6.10 Å². The molecule has 0 radical (unpaired) electrons. The van der Waals surface area contributed by atoms with Gasteiger partial charge in [-0.2, -0.15) is 0 Å². The molecule has 2 aliphatic heterocycles. The number of methoxy groups -OCH3 is 1. The molecule has 3 aromatic heterocycles. The van der Waals surface area contributed by atoms with Gasteiger partial charge < -0.3 is 25.4 Å². The first-order valence-electron chi connectivity index (χ1n) is 16.3. The lowest BCUT2D eigenvalue weighted by molar-refractivity contribution is -0.128. The summed E-state index contributed by atoms with van der Waals surface area (Å²) in [6.07, 6.45) is 2.38. The lowest BCUT2D eigenvalue weighted by atomic mass is 9.97. The molecule has 0 bridgehead atoms. The van der Waals surface area contributed by atoms with E-state index in [0.717, 1.165) is 28.7 Å². The molecular formula is C37H34Cl2N6O5. The third-order valence-corrected chi connectivity index (χ3v) is 9.88. The Hall–Kier alpha value is -4.81. The number of likely N-dealkylation sites (tertiary alicyclic amines) is 1. The fourth-order valence-corrected chi connectivity index (χ4v) is 7.20. The predicted molar refractivity (Wildman–Crippen MR) is 191 cm³/mol. The highest BCUT2D eigenvalue weighted by molar-refractivity contribution is 6.39. The van der Waals surface area contributed by atoms with Gasteiger partial charge in [0.15, 0.2) is 0 Å². The summed E-state index contributed by atoms with van der Waals surface area (Å²) in [5.41, 5.74) is 5.69. The number of aliphatic hydroxyl groups excluding tert-OH is 1. The fourth-order valence-electron chi connectivity index (χ4n) is 6.54. The zero-order valence-corrected chi connectivity index (χ0v) is 28.7. The third kappa shape index (κ3) is 6.82. The largest absolute Gasteiger partial charge is 0.481 e. The van der Waals surface area contributed by atoms with E-state index in [9.17, 15) is 19.5 Å². The molecule has 2 amide bonds. The lowest BCUT2D eigenvalue weighted by Crippen LogP contribution is -2.35. The molecular weight excluding hydrogens is 679 g/mol. The van der Waals surface area contributed by atoms with Crippen LogP contribution < -0.4 is 20.9 Å². The summed E-state index contributed by atoms with van der Waals surface area (Å²) >= 11 is 14.2. The Kier molecular flexibility index (Phi) is 9.56. The van der Waals surface area contributed by atoms with Gasteiger partial charge in [-0.1, -0.05) is 65.7 Å². The number of aromatic nitrogens is 3. The Balaban J connectivity index is 1.16. The van der Waals surface area contributed by atoms with Gasteiger partial charge in [-0.3, -0.25) is 18.8 Å². The highest BCUT2D eigenvalue weighted by atomic mass is 35.5. The molecule has 11 nitrogen and oxygen atoms in total. The predicted octanol–water partition coefficient (Wildman–Crippen LogP) is 4.87. The fraction of sp³-hybridized carbons (Fsp3) is 0.270. The summed E-state index contributed by atoms with van der Waals surface area (Å²) in [4.78, 5) is 47.6. The number of halogens is 2. The van der Waals surface area contributed by atoms with Crippen molar-refractivity contribution in [3.05, 3.63) is 105 Å². The van der Waals surface area contributed by atoms with Crippen LogP contribution in [0, 0.1) is 0 Å². The Morgan fingerprint density at radius 3 is 2.40 bits per heavy atom. The highest BCUT2D eigenvalue weighted by Crippen LogP contribution is 2.42. The molecule has 13 heteroatoms. The second kappa shape index (κ2) is 14.2. The molecule has 0 spiro atoms. The number of fused-ring (bicyclic) bond motifs is 1. The Morgan fingerprint density at radius 1 is 0.960 bits per heavy atom. The number of aliphatic hydroxyl groups is 1. The molecule has 7 rings (SSSR count). The van der Waals surface area contributed by atoms with E-state index in [4.69, 9.17) is 32.9 Å². The number of carbonyl (C=O) groups is 2. The number of nitrogens with zero attached hydrogens (tertiary/aromatic N) is 4. The van der Waals surface area contributed by atoms with Gasteiger partial charge in [-0.25, -0.2) is 9.97 Å². The lowest BCUT2D eigenvalue weighted by Gasteiger charge is -2.16. The average molecular weight is 714 g/mol. The van der Waals surface area contributed by atoms with Crippen LogP contribution in [0.15, 0.2) is 77.7 Å². The zero-order valence-electron chi connectivity index (χ0n) is 27.2. The van der Waals surface area contributed by atoms with Crippen LogP contribution >= 0.6 is 23.2 Å². The minimum Gasteiger partial charge on any atom is -0.481 e. The number of hydrogen-bond donors (Lipinski definition) is 3. The maximum atomic E-state index is 12.9. The van der Waals surface area contributed by atoms with Crippen molar-refractivity contribution in [3.8, 4) is 39.4 Å². The molecule has 2 atom stereocenters. The zero-order chi connectivity index (χ0) is 34.9. The second-order valence-electron chi connectivity index (χ2n) is 12.5. The number of carbonyl (C=O) groups excluding carboxylic acids is 2. The normalized spacial score (nSPS) is 17.5. The summed E-state index contributed by atoms with van der Waals surface area (Å²) < 4.78 is 7.07. The summed E-state index contributed by atoms with van der Waals surface area (Å²) in [5.74, 6) is 0.387. The Bertz CT molecular complexity index is 2190. The summed E-state index contributed by atoms with van der Waals surface area (Å²) in [5, 5.41) is 17.1. The molecule has 3 N–H and O–H groups in total. The van der Waals surface area contributed by atoms with Gasteiger partial charge in [-0.05, 0) is 30.2 Å². The van der Waals surface area contributed by atoms with E-state index in [1.54, 1.807) is 25.4 Å². The topological polar surface area (TPSA) is 138 Å². The van der Waals surface area contributed by atoms with Crippen LogP contribution in [-0.4, -0.2) is 68.5 Å². The first-order chi connectivity index (χ1) is 24.2. The molecule has 2 aromatic carbocycles. The van der Waals surface area contributed by atoms with Crippen LogP contribution in [0.2, 0.25) is 10.0 Å². The van der Waals surface area contributed by atoms with Gasteiger partial charge in [0.2, 0.25) is 17.7 Å². The second-order valence-corrected chi connectivity index (χ2v) is 13.3. The van der Waals surface area contributed by atoms with Crippen LogP contribution in [0.3, 0.4) is 0 Å². The number of nitrogens with one attached hydrogen (secondary N) is 2. The van der Waals surface area contributed by atoms with Crippen molar-refractivity contribution in [1.29, 1.82) is 0 Å². The van der Waals surface area contributed by atoms with Crippen molar-refractivity contribution < 1.29 is 19.4 Å². The standard InChI is InChI=1S/C37H34Cl2N6O5/c1-50-37-22(17-40-18-23-9-11-32(47)42-23)8-10-30(43-37)29-7-3-6-28(36(29)39)27-5-2-4-26(35(27)38)21-12-13-45-31(14-21)41-24(15-34(45)49)19-44-20-25(46)16-33(44)48/h2-8,10,12-15,23,25,40,46H,9,11,16-20H2,1H3,(H,42,47)/t23-,25+/m1/s1. The van der Waals surface area contributed by atoms with Crippen LogP contribution in [0.1, 0.15) is 30.5 Å². The molecule has 2 aliphatic rings. The number of β-amino-alcohol motifs (C(OH)–C–C–N with tert-alkyl or cyclic N) is 1. The molecule has 256 valence electrons. The van der Waals surface area contributed by atoms with Gasteiger partial charge >= 0.3 is 0 Å². The van der Waals surface area contributed by atoms with E-state index >= 15 is 0 Å². The minimum absolute atomic E-state index is 0.0667. The van der Waals surface area contributed by atoms with E-state index in [1.165, 1.54) is 15.4 Å². The summed E-state index contributed by atoms with van der Waals surface area (Å²) in [6, 6.07) is 20.3. The third-order valence-electron chi connectivity index (χ3n) is 9.07. The van der Waals surface area contributed by atoms with Crippen molar-refractivity contribution in [1.82, 2.24) is 29.9 Å². The molecule has 0 unspecified atom stereocenters. The molecule has 2 saturated heterocycles. The van der Waals surface area contributed by atoms with Crippen molar-refractivity contribution in [2.45, 2.75) is 44.5 Å². The number of hydrogen-bond acceptors (Lipinski definition) is 8. The number of pyridine rings is 2. The maximum absolute atomic E-state index is 12.9. The highest BCUT2D eigenvalue weighted by Gasteiger charge is 2.28. The Labute approximate surface area is 297 Å². The quantitative estimate of drug-likeness (QED) is 0.187. The van der Waals surface area contributed by atoms with Crippen LogP contribution in [-0.2, 0) is 22.7 Å². The first kappa shape index (κ1) is 33.7. The van der Waals surface area contributed by atoms with Gasteiger partial charge in [0, 0.05) is 72.2 Å². The van der Waals surface area contributed by atoms with Gasteiger partial charge in [0.05, 0.1) is 47.6 Å². The van der Waals surface area contributed by atoms with Gasteiger partial charge in [0.25, 0.3) is 5.56 Å². The van der Waals surface area contributed by atoms with Crippen LogP contribution in [0.4, 0.5) is 0 Å². The SMILES string of the molecule is COc1nc(-c2cccc(-c3cccc(-c4ccn5c(=O)cc(CN6C[C@@H](O)CC6=O)nc5c4)c3Cl)c2Cl)ccc1CNC[C@H]1CCC(=O)N1. The van der Waals surface area contributed by atoms with Gasteiger partial charge in [0.1, 0.15) is 5.65 Å². The van der Waals surface area contributed by atoms with Crippen molar-refractivity contribution in [2.24, 2.45) is 0 Å². The maximum Gasteiger partial charge on any atom is 0.258 e. The van der Waals surface area contributed by atoms with Crippen LogP contribution in [0.5, 0.6) is 5.88 Å². The number of rotatable bonds is 10. The van der Waals surface area contributed by atoms with E-state index in [0.29, 0.717) is 63.6 Å². The molecule has 0 aliphatic carbocycles. The van der Waals surface area contributed by atoms with Crippen molar-refractivity contribution >= 4 is 40.7 Å². The smallest absolute Gasteiger partial charge is 0.258 e. The minimum atomic E-state index is -0.717. The Morgan fingerprint density at radius 2 is 1.70 bits per heavy atom. The number of amides is 2. The van der Waals surface area contributed by atoms with E-state index in [2.05, 4.69) is 15.6 Å². The average Bonchev–Trinajstić information content (AvgIpc) is 3.67. The van der Waals surface area contributed by atoms with Crippen molar-refractivity contribution in [2.75, 3.05) is 20.2 Å². The first-order valence-corrected chi connectivity index (χ1v) is 17.0.